The standard InChI is InChI=1S/C9H8IN3S/c1-6-11-12-9(14)13(6)8-4-2-3-7(10)5-8/h2-5H,1H3,(H,12,14). The first-order chi connectivity index (χ1) is 6.68. The van der Waals surface area contributed by atoms with E-state index < -0.39 is 0 Å². The molecule has 1 heterocycles. The molecule has 0 unspecified atom stereocenters. The minimum Gasteiger partial charge on any atom is -0.274 e. The van der Waals surface area contributed by atoms with Gasteiger partial charge in [0.1, 0.15) is 5.82 Å². The minimum absolute atomic E-state index is 0.615. The van der Waals surface area contributed by atoms with Gasteiger partial charge in [-0.05, 0) is 47.7 Å². The maximum Gasteiger partial charge on any atom is 0.192 e. The summed E-state index contributed by atoms with van der Waals surface area (Å²) >= 11 is 6.53. The van der Waals surface area contributed by atoms with Gasteiger partial charge in [0.2, 0.25) is 0 Å². The van der Waals surface area contributed by atoms with E-state index in [2.05, 4.69) is 51.5 Å². The molecule has 0 fully saturated rings. The quantitative estimate of drug-likeness (QED) is 0.647. The van der Waals surface area contributed by atoms with Crippen molar-refractivity contribution in [2.45, 2.75) is 12.1 Å². The first-order valence-electron chi connectivity index (χ1n) is 4.05. The molecule has 0 bridgehead atoms. The molecule has 0 aliphatic carbocycles. The van der Waals surface area contributed by atoms with Gasteiger partial charge < -0.3 is 0 Å². The van der Waals surface area contributed by atoms with Crippen LogP contribution < -0.4 is 0 Å². The Hall–Kier alpha value is -0.560. The fourth-order valence-electron chi connectivity index (χ4n) is 1.27. The van der Waals surface area contributed by atoms with E-state index in [1.807, 2.05) is 29.7 Å². The summed E-state index contributed by atoms with van der Waals surface area (Å²) in [6, 6.07) is 8.13. The molecule has 14 heavy (non-hydrogen) atoms. The van der Waals surface area contributed by atoms with Crippen LogP contribution in [0.1, 0.15) is 5.82 Å². The Labute approximate surface area is 101 Å². The molecule has 2 aromatic rings. The molecule has 0 radical (unpaired) electrons. The Bertz CT molecular complexity index is 447. The van der Waals surface area contributed by atoms with Crippen LogP contribution in [-0.4, -0.2) is 14.8 Å². The van der Waals surface area contributed by atoms with Gasteiger partial charge in [0.25, 0.3) is 0 Å². The van der Waals surface area contributed by atoms with Gasteiger partial charge in [-0.1, -0.05) is 6.07 Å². The Kier molecular flexibility index (Phi) is 2.78. The van der Waals surface area contributed by atoms with Gasteiger partial charge in [-0.15, -0.1) is 22.8 Å². The summed E-state index contributed by atoms with van der Waals surface area (Å²) in [5.74, 6) is 0.844. The summed E-state index contributed by atoms with van der Waals surface area (Å²) < 4.78 is 3.09. The summed E-state index contributed by atoms with van der Waals surface area (Å²) in [5, 5.41) is 8.47. The van der Waals surface area contributed by atoms with Crippen LogP contribution in [0, 0.1) is 10.5 Å². The van der Waals surface area contributed by atoms with E-state index in [1.165, 1.54) is 3.57 Å². The Morgan fingerprint density at radius 3 is 2.71 bits per heavy atom. The lowest BCUT2D eigenvalue weighted by atomic mass is 10.3. The highest BCUT2D eigenvalue weighted by Crippen LogP contribution is 2.17. The van der Waals surface area contributed by atoms with E-state index in [-0.39, 0.29) is 0 Å². The van der Waals surface area contributed by atoms with Crippen molar-refractivity contribution in [2.75, 3.05) is 0 Å². The van der Waals surface area contributed by atoms with Crippen LogP contribution in [0.25, 0.3) is 5.69 Å². The molecule has 0 amide bonds. The van der Waals surface area contributed by atoms with Crippen LogP contribution in [0.3, 0.4) is 0 Å². The lowest BCUT2D eigenvalue weighted by Crippen LogP contribution is -1.97. The topological polar surface area (TPSA) is 30.7 Å². The highest BCUT2D eigenvalue weighted by Gasteiger charge is 2.06. The average Bonchev–Trinajstić information content (AvgIpc) is 2.46. The predicted molar refractivity (Wildman–Crippen MR) is 66.1 cm³/mol. The Morgan fingerprint density at radius 2 is 2.14 bits per heavy atom. The van der Waals surface area contributed by atoms with Crippen molar-refractivity contribution >= 4 is 35.2 Å². The third-order valence-corrected chi connectivity index (χ3v) is 2.83. The lowest BCUT2D eigenvalue weighted by Gasteiger charge is -2.05. The first-order valence-corrected chi connectivity index (χ1v) is 5.58. The largest absolute Gasteiger partial charge is 0.274 e. The van der Waals surface area contributed by atoms with Gasteiger partial charge >= 0.3 is 0 Å². The third-order valence-electron chi connectivity index (χ3n) is 1.87. The van der Waals surface area contributed by atoms with Crippen LogP contribution >= 0.6 is 35.2 Å². The molecular formula is C9H8IN3S. The number of halogens is 1. The number of benzene rings is 1. The molecule has 1 aromatic carbocycles. The molecule has 2 rings (SSSR count). The van der Waals surface area contributed by atoms with Crippen LogP contribution in [0.4, 0.5) is 0 Å². The summed E-state index contributed by atoms with van der Waals surface area (Å²) in [7, 11) is 0. The highest BCUT2D eigenvalue weighted by atomic mass is 127. The number of thiol groups is 1. The fraction of sp³-hybridized carbons (Fsp3) is 0.111. The number of nitrogens with zero attached hydrogens (tertiary/aromatic N) is 3. The monoisotopic (exact) mass is 317 g/mol. The van der Waals surface area contributed by atoms with Gasteiger partial charge in [0.15, 0.2) is 5.16 Å². The van der Waals surface area contributed by atoms with E-state index in [4.69, 9.17) is 0 Å². The van der Waals surface area contributed by atoms with E-state index in [9.17, 15) is 0 Å². The number of aryl methyl sites for hydroxylation is 1. The maximum absolute atomic E-state index is 4.25. The van der Waals surface area contributed by atoms with E-state index in [0.29, 0.717) is 5.16 Å². The van der Waals surface area contributed by atoms with Gasteiger partial charge in [-0.2, -0.15) is 0 Å². The molecule has 0 N–H and O–H groups in total. The molecule has 0 atom stereocenters. The first kappa shape index (κ1) is 9.97. The zero-order chi connectivity index (χ0) is 10.1. The van der Waals surface area contributed by atoms with Gasteiger partial charge in [-0.25, -0.2) is 0 Å². The van der Waals surface area contributed by atoms with Crippen LogP contribution in [0.5, 0.6) is 0 Å². The van der Waals surface area contributed by atoms with Crippen LogP contribution in [0.2, 0.25) is 0 Å². The third kappa shape index (κ3) is 1.78. The Balaban J connectivity index is 2.59. The molecule has 72 valence electrons. The number of hydrogen-bond acceptors (Lipinski definition) is 3. The molecule has 5 heteroatoms. The number of hydrogen-bond donors (Lipinski definition) is 1. The zero-order valence-electron chi connectivity index (χ0n) is 7.48. The molecule has 0 saturated heterocycles. The molecule has 0 saturated carbocycles. The molecule has 0 spiro atoms. The van der Waals surface area contributed by atoms with Crippen molar-refractivity contribution in [3.8, 4) is 5.69 Å². The average molecular weight is 317 g/mol. The molecule has 0 aliphatic heterocycles. The molecular weight excluding hydrogens is 309 g/mol. The summed E-state index contributed by atoms with van der Waals surface area (Å²) in [6.07, 6.45) is 0. The van der Waals surface area contributed by atoms with Gasteiger partial charge in [-0.3, -0.25) is 4.57 Å². The second-order valence-electron chi connectivity index (χ2n) is 2.86. The lowest BCUT2D eigenvalue weighted by molar-refractivity contribution is 0.873. The Morgan fingerprint density at radius 1 is 1.36 bits per heavy atom. The number of rotatable bonds is 1. The van der Waals surface area contributed by atoms with Gasteiger partial charge in [0, 0.05) is 3.57 Å². The fourth-order valence-corrected chi connectivity index (χ4v) is 2.10. The molecule has 0 aliphatic rings. The summed E-state index contributed by atoms with van der Waals surface area (Å²) in [6.45, 7) is 1.91. The zero-order valence-corrected chi connectivity index (χ0v) is 10.5. The van der Waals surface area contributed by atoms with Crippen molar-refractivity contribution in [1.82, 2.24) is 14.8 Å². The smallest absolute Gasteiger partial charge is 0.192 e. The van der Waals surface area contributed by atoms with Crippen LogP contribution in [-0.2, 0) is 0 Å². The molecule has 3 nitrogen and oxygen atoms in total. The van der Waals surface area contributed by atoms with Crippen LogP contribution in [0.15, 0.2) is 29.4 Å². The van der Waals surface area contributed by atoms with Crippen molar-refractivity contribution in [1.29, 1.82) is 0 Å². The minimum atomic E-state index is 0.615. The van der Waals surface area contributed by atoms with E-state index in [1.54, 1.807) is 0 Å². The van der Waals surface area contributed by atoms with Gasteiger partial charge in [0.05, 0.1) is 5.69 Å². The highest BCUT2D eigenvalue weighted by molar-refractivity contribution is 14.1. The summed E-state index contributed by atoms with van der Waals surface area (Å²) in [5.41, 5.74) is 1.05. The number of aromatic nitrogens is 3. The SMILES string of the molecule is Cc1nnc(S)n1-c1cccc(I)c1. The van der Waals surface area contributed by atoms with Crippen molar-refractivity contribution in [2.24, 2.45) is 0 Å². The summed E-state index contributed by atoms with van der Waals surface area (Å²) in [4.78, 5) is 0. The maximum atomic E-state index is 4.25. The van der Waals surface area contributed by atoms with E-state index >= 15 is 0 Å². The van der Waals surface area contributed by atoms with E-state index in [0.717, 1.165) is 11.5 Å². The van der Waals surface area contributed by atoms with Crippen molar-refractivity contribution in [3.05, 3.63) is 33.7 Å². The predicted octanol–water partition coefficient (Wildman–Crippen LogP) is 2.47. The van der Waals surface area contributed by atoms with Crippen molar-refractivity contribution < 1.29 is 0 Å². The molecule has 1 aromatic heterocycles. The normalized spacial score (nSPS) is 10.5. The second kappa shape index (κ2) is 3.90. The second-order valence-corrected chi connectivity index (χ2v) is 4.51. The van der Waals surface area contributed by atoms with Crippen molar-refractivity contribution in [3.63, 3.8) is 0 Å².